The molecule has 1 fully saturated rings. The summed E-state index contributed by atoms with van der Waals surface area (Å²) in [6.07, 6.45) is 5.90. The lowest BCUT2D eigenvalue weighted by molar-refractivity contribution is 0.124. The van der Waals surface area contributed by atoms with Crippen LogP contribution in [0.2, 0.25) is 0 Å². The summed E-state index contributed by atoms with van der Waals surface area (Å²) in [4.78, 5) is 12.5. The van der Waals surface area contributed by atoms with Gasteiger partial charge in [0, 0.05) is 44.6 Å². The number of hydrogen-bond donors (Lipinski definition) is 0. The molecule has 1 aliphatic heterocycles. The van der Waals surface area contributed by atoms with Gasteiger partial charge in [0.15, 0.2) is 5.03 Å². The molecule has 2 aromatic heterocycles. The number of rotatable bonds is 5. The van der Waals surface area contributed by atoms with Gasteiger partial charge in [0.05, 0.1) is 4.47 Å². The highest BCUT2D eigenvalue weighted by atomic mass is 79.9. The Kier molecular flexibility index (Phi) is 5.64. The maximum absolute atomic E-state index is 12.9. The maximum Gasteiger partial charge on any atom is 0.316 e. The maximum atomic E-state index is 12.9. The van der Waals surface area contributed by atoms with Crippen molar-refractivity contribution in [1.29, 1.82) is 0 Å². The van der Waals surface area contributed by atoms with Crippen LogP contribution in [0.3, 0.4) is 0 Å². The van der Waals surface area contributed by atoms with Crippen molar-refractivity contribution in [3.63, 3.8) is 0 Å². The van der Waals surface area contributed by atoms with Crippen LogP contribution in [0.1, 0.15) is 38.4 Å². The molecule has 142 valence electrons. The molecule has 8 nitrogen and oxygen atoms in total. The van der Waals surface area contributed by atoms with Crippen molar-refractivity contribution in [2.24, 2.45) is 7.05 Å². The monoisotopic (exact) mass is 443 g/mol. The number of ether oxygens (including phenoxy) is 1. The minimum absolute atomic E-state index is 0.0995. The first kappa shape index (κ1) is 19.2. The zero-order valence-electron chi connectivity index (χ0n) is 15.0. The van der Waals surface area contributed by atoms with E-state index in [4.69, 9.17) is 4.74 Å². The van der Waals surface area contributed by atoms with E-state index in [2.05, 4.69) is 30.9 Å². The predicted octanol–water partition coefficient (Wildman–Crippen LogP) is 2.33. The Morgan fingerprint density at radius 1 is 1.23 bits per heavy atom. The average Bonchev–Trinajstić information content (AvgIpc) is 3.00. The third-order valence-electron chi connectivity index (χ3n) is 4.28. The van der Waals surface area contributed by atoms with Crippen LogP contribution in [-0.2, 0) is 17.1 Å². The molecular formula is C16H22BrN5O3S. The summed E-state index contributed by atoms with van der Waals surface area (Å²) in [6.45, 7) is 4.76. The molecule has 0 amide bonds. The fourth-order valence-corrected chi connectivity index (χ4v) is 4.61. The Labute approximate surface area is 161 Å². The predicted molar refractivity (Wildman–Crippen MR) is 99.4 cm³/mol. The van der Waals surface area contributed by atoms with E-state index in [-0.39, 0.29) is 17.0 Å². The molecule has 0 aromatic carbocycles. The van der Waals surface area contributed by atoms with Crippen molar-refractivity contribution in [2.45, 2.75) is 43.7 Å². The molecule has 2 aromatic rings. The number of aryl methyl sites for hydroxylation is 1. The molecule has 0 N–H and O–H groups in total. The molecule has 0 radical (unpaired) electrons. The molecule has 0 unspecified atom stereocenters. The van der Waals surface area contributed by atoms with E-state index in [9.17, 15) is 8.42 Å². The number of piperidine rings is 1. The first-order valence-corrected chi connectivity index (χ1v) is 10.7. The molecule has 3 heterocycles. The Morgan fingerprint density at radius 3 is 2.38 bits per heavy atom. The fraction of sp³-hybridized carbons (Fsp3) is 0.562. The number of aromatic nitrogens is 4. The molecule has 0 bridgehead atoms. The van der Waals surface area contributed by atoms with Crippen LogP contribution >= 0.6 is 15.9 Å². The zero-order valence-corrected chi connectivity index (χ0v) is 17.4. The lowest BCUT2D eigenvalue weighted by Crippen LogP contribution is -2.42. The zero-order chi connectivity index (χ0) is 18.9. The van der Waals surface area contributed by atoms with E-state index in [1.165, 1.54) is 4.31 Å². The van der Waals surface area contributed by atoms with Gasteiger partial charge in [-0.2, -0.15) is 4.31 Å². The van der Waals surface area contributed by atoms with Crippen molar-refractivity contribution >= 4 is 26.0 Å². The third-order valence-corrected chi connectivity index (χ3v) is 6.46. The second-order valence-corrected chi connectivity index (χ2v) is 9.41. The highest BCUT2D eigenvalue weighted by molar-refractivity contribution is 9.10. The summed E-state index contributed by atoms with van der Waals surface area (Å²) >= 11 is 3.28. The number of hydrogen-bond acceptors (Lipinski definition) is 6. The molecule has 10 heteroatoms. The number of nitrogens with zero attached hydrogens (tertiary/aromatic N) is 5. The minimum atomic E-state index is -3.59. The smallest absolute Gasteiger partial charge is 0.316 e. The Hall–Kier alpha value is -1.52. The van der Waals surface area contributed by atoms with Gasteiger partial charge in [-0.25, -0.2) is 23.4 Å². The van der Waals surface area contributed by atoms with Crippen LogP contribution in [0, 0.1) is 0 Å². The van der Waals surface area contributed by atoms with Crippen molar-refractivity contribution in [2.75, 3.05) is 13.1 Å². The standard InChI is InChI=1S/C16H22BrN5O3S/c1-11(2)15-20-14(10-21(15)3)26(23,24)22-6-4-13(5-7-22)25-16-18-8-12(17)9-19-16/h8-11,13H,4-7H2,1-3H3. The second kappa shape index (κ2) is 7.61. The van der Waals surface area contributed by atoms with Gasteiger partial charge in [-0.05, 0) is 28.8 Å². The molecule has 1 saturated heterocycles. The lowest BCUT2D eigenvalue weighted by Gasteiger charge is -2.30. The van der Waals surface area contributed by atoms with Crippen molar-refractivity contribution in [3.8, 4) is 6.01 Å². The average molecular weight is 444 g/mol. The summed E-state index contributed by atoms with van der Waals surface area (Å²) in [7, 11) is -1.77. The van der Waals surface area contributed by atoms with E-state index in [0.29, 0.717) is 31.9 Å². The highest BCUT2D eigenvalue weighted by Gasteiger charge is 2.32. The van der Waals surface area contributed by atoms with E-state index in [1.807, 2.05) is 20.9 Å². The van der Waals surface area contributed by atoms with Crippen LogP contribution in [0.15, 0.2) is 28.1 Å². The summed E-state index contributed by atoms with van der Waals surface area (Å²) < 4.78 is 35.5. The quantitative estimate of drug-likeness (QED) is 0.703. The molecular weight excluding hydrogens is 422 g/mol. The molecule has 0 saturated carbocycles. The fourth-order valence-electron chi connectivity index (χ4n) is 2.95. The van der Waals surface area contributed by atoms with Crippen LogP contribution in [0.25, 0.3) is 0 Å². The topological polar surface area (TPSA) is 90.2 Å². The summed E-state index contributed by atoms with van der Waals surface area (Å²) in [5.41, 5.74) is 0. The normalized spacial score (nSPS) is 17.0. The van der Waals surface area contributed by atoms with Gasteiger partial charge in [-0.3, -0.25) is 0 Å². The summed E-state index contributed by atoms with van der Waals surface area (Å²) in [5, 5.41) is 0.110. The van der Waals surface area contributed by atoms with Gasteiger partial charge in [0.25, 0.3) is 10.0 Å². The Bertz CT molecular complexity index is 859. The van der Waals surface area contributed by atoms with Crippen LogP contribution < -0.4 is 4.74 Å². The lowest BCUT2D eigenvalue weighted by atomic mass is 10.1. The van der Waals surface area contributed by atoms with Crippen LogP contribution in [0.4, 0.5) is 0 Å². The van der Waals surface area contributed by atoms with Gasteiger partial charge in [-0.1, -0.05) is 13.8 Å². The Morgan fingerprint density at radius 2 is 1.85 bits per heavy atom. The van der Waals surface area contributed by atoms with Gasteiger partial charge in [0.2, 0.25) is 0 Å². The second-order valence-electron chi connectivity index (χ2n) is 6.61. The van der Waals surface area contributed by atoms with E-state index in [0.717, 1.165) is 10.3 Å². The van der Waals surface area contributed by atoms with Gasteiger partial charge in [0.1, 0.15) is 11.9 Å². The first-order valence-electron chi connectivity index (χ1n) is 8.45. The van der Waals surface area contributed by atoms with Gasteiger partial charge >= 0.3 is 6.01 Å². The number of sulfonamides is 1. The third kappa shape index (κ3) is 4.07. The van der Waals surface area contributed by atoms with Gasteiger partial charge < -0.3 is 9.30 Å². The van der Waals surface area contributed by atoms with E-state index in [1.54, 1.807) is 23.2 Å². The van der Waals surface area contributed by atoms with Gasteiger partial charge in [-0.15, -0.1) is 0 Å². The SMILES string of the molecule is CC(C)c1nc(S(=O)(=O)N2CCC(Oc3ncc(Br)cn3)CC2)cn1C. The van der Waals surface area contributed by atoms with E-state index >= 15 is 0 Å². The molecule has 0 atom stereocenters. The largest absolute Gasteiger partial charge is 0.460 e. The molecule has 1 aliphatic rings. The van der Waals surface area contributed by atoms with Crippen molar-refractivity contribution in [3.05, 3.63) is 28.9 Å². The van der Waals surface area contributed by atoms with E-state index < -0.39 is 10.0 Å². The van der Waals surface area contributed by atoms with Crippen molar-refractivity contribution < 1.29 is 13.2 Å². The molecule has 0 aliphatic carbocycles. The Balaban J connectivity index is 1.65. The molecule has 0 spiro atoms. The van der Waals surface area contributed by atoms with Crippen LogP contribution in [-0.4, -0.2) is 51.4 Å². The van der Waals surface area contributed by atoms with Crippen molar-refractivity contribution in [1.82, 2.24) is 23.8 Å². The summed E-state index contributed by atoms with van der Waals surface area (Å²) in [5.74, 6) is 0.920. The molecule has 3 rings (SSSR count). The first-order chi connectivity index (χ1) is 12.3. The summed E-state index contributed by atoms with van der Waals surface area (Å²) in [6, 6.07) is 0.306. The molecule has 26 heavy (non-hydrogen) atoms. The van der Waals surface area contributed by atoms with Crippen LogP contribution in [0.5, 0.6) is 6.01 Å². The number of imidazole rings is 1. The highest BCUT2D eigenvalue weighted by Crippen LogP contribution is 2.24. The minimum Gasteiger partial charge on any atom is -0.460 e. The number of halogens is 1.